The van der Waals surface area contributed by atoms with Gasteiger partial charge in [-0.1, -0.05) is 42.0 Å². The molecular formula is C22H21F3O2. The third kappa shape index (κ3) is 4.73. The Hall–Kier alpha value is -2.69. The van der Waals surface area contributed by atoms with Gasteiger partial charge in [-0.15, -0.1) is 13.2 Å². The maximum Gasteiger partial charge on any atom is 0.573 e. The number of hydrogen-bond donors (Lipinski definition) is 0. The summed E-state index contributed by atoms with van der Waals surface area (Å²) in [5.74, 6) is 0.515. The minimum Gasteiger partial charge on any atom is -0.483 e. The first-order valence-corrected chi connectivity index (χ1v) is 8.65. The van der Waals surface area contributed by atoms with E-state index < -0.39 is 6.36 Å². The second-order valence-corrected chi connectivity index (χ2v) is 6.91. The van der Waals surface area contributed by atoms with Crippen LogP contribution in [-0.4, -0.2) is 12.0 Å². The molecule has 0 saturated carbocycles. The van der Waals surface area contributed by atoms with E-state index in [0.29, 0.717) is 0 Å². The highest BCUT2D eigenvalue weighted by molar-refractivity contribution is 5.65. The maximum atomic E-state index is 12.2. The van der Waals surface area contributed by atoms with E-state index in [1.165, 1.54) is 23.3 Å². The molecule has 0 aliphatic heterocycles. The molecule has 0 radical (unpaired) electrons. The molecule has 5 heteroatoms. The van der Waals surface area contributed by atoms with Crippen molar-refractivity contribution in [3.05, 3.63) is 71.8 Å². The summed E-state index contributed by atoms with van der Waals surface area (Å²) in [6, 6.07) is 13.3. The van der Waals surface area contributed by atoms with Crippen LogP contribution < -0.4 is 9.47 Å². The van der Waals surface area contributed by atoms with Gasteiger partial charge in [0.1, 0.15) is 17.1 Å². The average molecular weight is 374 g/mol. The van der Waals surface area contributed by atoms with Crippen LogP contribution in [0.25, 0.3) is 11.1 Å². The quantitative estimate of drug-likeness (QED) is 0.594. The van der Waals surface area contributed by atoms with Crippen LogP contribution in [0.3, 0.4) is 0 Å². The van der Waals surface area contributed by atoms with Crippen molar-refractivity contribution in [3.63, 3.8) is 0 Å². The topological polar surface area (TPSA) is 18.5 Å². The lowest BCUT2D eigenvalue weighted by Crippen LogP contribution is -2.34. The lowest BCUT2D eigenvalue weighted by molar-refractivity contribution is -0.274. The molecule has 0 heterocycles. The van der Waals surface area contributed by atoms with Crippen LogP contribution in [0.15, 0.2) is 71.8 Å². The van der Waals surface area contributed by atoms with Gasteiger partial charge in [-0.25, -0.2) is 0 Å². The maximum absolute atomic E-state index is 12.2. The Morgan fingerprint density at radius 3 is 1.85 bits per heavy atom. The Balaban J connectivity index is 1.71. The number of ether oxygens (including phenoxy) is 2. The zero-order chi connectivity index (χ0) is 19.7. The van der Waals surface area contributed by atoms with Crippen molar-refractivity contribution in [1.29, 1.82) is 0 Å². The van der Waals surface area contributed by atoms with Gasteiger partial charge in [0.2, 0.25) is 0 Å². The molecule has 1 aliphatic rings. The SMILES string of the molecule is CC1=CCC(C)(Oc2ccc(-c3ccc(OC(F)(F)F)cc3)cc2)C(C)=C1. The van der Waals surface area contributed by atoms with Crippen LogP contribution in [0.4, 0.5) is 13.2 Å². The molecular weight excluding hydrogens is 353 g/mol. The molecule has 27 heavy (non-hydrogen) atoms. The highest BCUT2D eigenvalue weighted by Gasteiger charge is 2.31. The summed E-state index contributed by atoms with van der Waals surface area (Å²) >= 11 is 0. The largest absolute Gasteiger partial charge is 0.573 e. The molecule has 2 aromatic carbocycles. The van der Waals surface area contributed by atoms with Gasteiger partial charge < -0.3 is 9.47 Å². The normalized spacial score (nSPS) is 19.9. The molecule has 0 aromatic heterocycles. The average Bonchev–Trinajstić information content (AvgIpc) is 2.59. The summed E-state index contributed by atoms with van der Waals surface area (Å²) in [5, 5.41) is 0. The van der Waals surface area contributed by atoms with Gasteiger partial charge in [0.15, 0.2) is 0 Å². The van der Waals surface area contributed by atoms with Gasteiger partial charge in [-0.2, -0.15) is 0 Å². The van der Waals surface area contributed by atoms with Crippen molar-refractivity contribution in [2.24, 2.45) is 0 Å². The fraction of sp³-hybridized carbons (Fsp3) is 0.273. The Bertz CT molecular complexity index is 862. The molecule has 0 saturated heterocycles. The number of rotatable bonds is 4. The van der Waals surface area contributed by atoms with E-state index in [0.717, 1.165) is 23.3 Å². The minimum absolute atomic E-state index is 0.234. The Morgan fingerprint density at radius 2 is 1.37 bits per heavy atom. The van der Waals surface area contributed by atoms with E-state index in [2.05, 4.69) is 37.7 Å². The Morgan fingerprint density at radius 1 is 0.852 bits per heavy atom. The second-order valence-electron chi connectivity index (χ2n) is 6.91. The summed E-state index contributed by atoms with van der Waals surface area (Å²) in [6.07, 6.45) is 0.411. The molecule has 1 aliphatic carbocycles. The highest BCUT2D eigenvalue weighted by atomic mass is 19.4. The summed E-state index contributed by atoms with van der Waals surface area (Å²) in [7, 11) is 0. The van der Waals surface area contributed by atoms with E-state index in [9.17, 15) is 13.2 Å². The van der Waals surface area contributed by atoms with Crippen LogP contribution in [-0.2, 0) is 0 Å². The van der Waals surface area contributed by atoms with Gasteiger partial charge in [0, 0.05) is 6.42 Å². The van der Waals surface area contributed by atoms with E-state index >= 15 is 0 Å². The van der Waals surface area contributed by atoms with Crippen molar-refractivity contribution < 1.29 is 22.6 Å². The number of hydrogen-bond acceptors (Lipinski definition) is 2. The zero-order valence-corrected chi connectivity index (χ0v) is 15.4. The van der Waals surface area contributed by atoms with E-state index in [1.807, 2.05) is 24.3 Å². The third-order valence-electron chi connectivity index (χ3n) is 4.71. The summed E-state index contributed by atoms with van der Waals surface area (Å²) in [5.41, 5.74) is 3.72. The fourth-order valence-corrected chi connectivity index (χ4v) is 3.02. The predicted molar refractivity (Wildman–Crippen MR) is 99.7 cm³/mol. The molecule has 0 N–H and O–H groups in total. The van der Waals surface area contributed by atoms with Crippen LogP contribution in [0.5, 0.6) is 11.5 Å². The van der Waals surface area contributed by atoms with Gasteiger partial charge in [0.05, 0.1) is 0 Å². The van der Waals surface area contributed by atoms with Crippen LogP contribution in [0.2, 0.25) is 0 Å². The summed E-state index contributed by atoms with van der Waals surface area (Å²) in [6.45, 7) is 6.20. The number of alkyl halides is 3. The number of allylic oxidation sites excluding steroid dienone is 2. The van der Waals surface area contributed by atoms with Crippen LogP contribution >= 0.6 is 0 Å². The molecule has 0 amide bonds. The molecule has 142 valence electrons. The van der Waals surface area contributed by atoms with Gasteiger partial charge in [0.25, 0.3) is 0 Å². The lowest BCUT2D eigenvalue weighted by Gasteiger charge is -2.33. The Kier molecular flexibility index (Phi) is 5.05. The smallest absolute Gasteiger partial charge is 0.483 e. The number of halogens is 3. The predicted octanol–water partition coefficient (Wildman–Crippen LogP) is 6.69. The third-order valence-corrected chi connectivity index (χ3v) is 4.71. The van der Waals surface area contributed by atoms with Crippen LogP contribution in [0, 0.1) is 0 Å². The first-order chi connectivity index (χ1) is 12.6. The molecule has 1 atom stereocenters. The lowest BCUT2D eigenvalue weighted by atomic mass is 9.86. The molecule has 2 nitrogen and oxygen atoms in total. The first-order valence-electron chi connectivity index (χ1n) is 8.65. The van der Waals surface area contributed by atoms with Crippen molar-refractivity contribution in [1.82, 2.24) is 0 Å². The number of benzene rings is 2. The van der Waals surface area contributed by atoms with E-state index in [4.69, 9.17) is 4.74 Å². The van der Waals surface area contributed by atoms with Crippen LogP contribution in [0.1, 0.15) is 27.2 Å². The summed E-state index contributed by atoms with van der Waals surface area (Å²) < 4.78 is 46.8. The summed E-state index contributed by atoms with van der Waals surface area (Å²) in [4.78, 5) is 0. The highest BCUT2D eigenvalue weighted by Crippen LogP contribution is 2.34. The molecule has 0 spiro atoms. The molecule has 0 fully saturated rings. The monoisotopic (exact) mass is 374 g/mol. The van der Waals surface area contributed by atoms with Crippen molar-refractivity contribution >= 4 is 0 Å². The fourth-order valence-electron chi connectivity index (χ4n) is 3.02. The van der Waals surface area contributed by atoms with Crippen molar-refractivity contribution in [3.8, 4) is 22.6 Å². The first kappa shape index (κ1) is 19.1. The minimum atomic E-state index is -4.68. The zero-order valence-electron chi connectivity index (χ0n) is 15.4. The Labute approximate surface area is 156 Å². The van der Waals surface area contributed by atoms with Gasteiger partial charge >= 0.3 is 6.36 Å². The molecule has 2 aromatic rings. The van der Waals surface area contributed by atoms with E-state index in [1.54, 1.807) is 12.1 Å². The second kappa shape index (κ2) is 7.14. The molecule has 1 unspecified atom stereocenters. The van der Waals surface area contributed by atoms with Crippen molar-refractivity contribution in [2.75, 3.05) is 0 Å². The molecule has 0 bridgehead atoms. The van der Waals surface area contributed by atoms with Gasteiger partial charge in [-0.3, -0.25) is 0 Å². The van der Waals surface area contributed by atoms with E-state index in [-0.39, 0.29) is 11.4 Å². The standard InChI is InChI=1S/C22H21F3O2/c1-15-12-13-21(3,16(2)14-15)26-19-8-4-17(5-9-19)18-6-10-20(11-7-18)27-22(23,24)25/h4-12,14H,13H2,1-3H3. The molecule has 3 rings (SSSR count). The van der Waals surface area contributed by atoms with Crippen molar-refractivity contribution in [2.45, 2.75) is 39.2 Å². The van der Waals surface area contributed by atoms with Gasteiger partial charge in [-0.05, 0) is 61.7 Å².